The molecule has 2 N–H and O–H groups in total. The molecule has 4 heterocycles. The minimum Gasteiger partial charge on any atom is -0.495 e. The number of halogens is 1. The van der Waals surface area contributed by atoms with E-state index in [-0.39, 0.29) is 54.2 Å². The van der Waals surface area contributed by atoms with Crippen LogP contribution in [0, 0.1) is 6.92 Å². The van der Waals surface area contributed by atoms with E-state index in [1.165, 1.54) is 36.1 Å². The van der Waals surface area contributed by atoms with Crippen molar-refractivity contribution in [2.75, 3.05) is 47.8 Å². The molecule has 17 nitrogen and oxygen atoms in total. The van der Waals surface area contributed by atoms with Crippen LogP contribution in [0.1, 0.15) is 5.69 Å². The molecular weight excluding hydrogens is 740 g/mol. The topological polar surface area (TPSA) is 206 Å². The molecule has 1 fully saturated rings. The van der Waals surface area contributed by atoms with Crippen molar-refractivity contribution < 1.29 is 40.4 Å². The number of nitrogens with one attached hydrogen (secondary N) is 2. The first kappa shape index (κ1) is 33.5. The lowest BCUT2D eigenvalue weighted by Crippen LogP contribution is -2.36. The van der Waals surface area contributed by atoms with Gasteiger partial charge in [0.15, 0.2) is 27.8 Å². The van der Waals surface area contributed by atoms with Gasteiger partial charge in [-0.2, -0.15) is 4.73 Å². The summed E-state index contributed by atoms with van der Waals surface area (Å²) in [6.07, 6.45) is 0. The summed E-state index contributed by atoms with van der Waals surface area (Å²) in [6, 6.07) is 17.2. The molecule has 0 bridgehead atoms. The minimum atomic E-state index is -4.24. The number of methoxy groups -OCH3 is 1. The van der Waals surface area contributed by atoms with Gasteiger partial charge in [-0.15, -0.1) is 0 Å². The van der Waals surface area contributed by atoms with Crippen molar-refractivity contribution in [1.82, 2.24) is 25.4 Å². The first-order chi connectivity index (χ1) is 25.0. The van der Waals surface area contributed by atoms with E-state index in [9.17, 15) is 16.8 Å². The number of fused-ring (bicyclic) bond motifs is 3. The number of rotatable bonds is 10. The Morgan fingerprint density at radius 3 is 2.19 bits per heavy atom. The van der Waals surface area contributed by atoms with E-state index in [2.05, 4.69) is 30.1 Å². The van der Waals surface area contributed by atoms with Crippen LogP contribution in [-0.2, 0) is 24.8 Å². The highest BCUT2D eigenvalue weighted by molar-refractivity contribution is 7.93. The van der Waals surface area contributed by atoms with Crippen molar-refractivity contribution in [2.24, 2.45) is 0 Å². The third-order valence-electron chi connectivity index (χ3n) is 8.41. The van der Waals surface area contributed by atoms with Crippen molar-refractivity contribution in [3.05, 3.63) is 77.4 Å². The van der Waals surface area contributed by atoms with E-state index in [0.29, 0.717) is 54.1 Å². The van der Waals surface area contributed by atoms with Crippen LogP contribution in [0.2, 0.25) is 5.02 Å². The Morgan fingerprint density at radius 2 is 1.44 bits per heavy atom. The zero-order chi connectivity index (χ0) is 36.2. The smallest absolute Gasteiger partial charge is 0.264 e. The lowest BCUT2D eigenvalue weighted by atomic mass is 10.2. The van der Waals surface area contributed by atoms with Gasteiger partial charge in [0.2, 0.25) is 0 Å². The predicted molar refractivity (Wildman–Crippen MR) is 189 cm³/mol. The minimum absolute atomic E-state index is 0.00254. The van der Waals surface area contributed by atoms with Crippen LogP contribution in [0.5, 0.6) is 11.5 Å². The van der Waals surface area contributed by atoms with E-state index >= 15 is 0 Å². The molecule has 0 amide bonds. The van der Waals surface area contributed by atoms with Crippen molar-refractivity contribution in [3.63, 3.8) is 0 Å². The number of aryl methyl sites for hydroxylation is 1. The Hall–Kier alpha value is -5.63. The van der Waals surface area contributed by atoms with Crippen LogP contribution in [-0.4, -0.2) is 75.6 Å². The molecule has 0 aliphatic carbocycles. The second-order valence-electron chi connectivity index (χ2n) is 11.7. The summed E-state index contributed by atoms with van der Waals surface area (Å²) >= 11 is 6.10. The Labute approximate surface area is 300 Å². The van der Waals surface area contributed by atoms with Gasteiger partial charge < -0.3 is 19.2 Å². The first-order valence-corrected chi connectivity index (χ1v) is 18.9. The number of benzene rings is 4. The highest BCUT2D eigenvalue weighted by Gasteiger charge is 2.27. The van der Waals surface area contributed by atoms with Gasteiger partial charge in [-0.05, 0) is 88.2 Å². The summed E-state index contributed by atoms with van der Waals surface area (Å²) in [5, 5.41) is 16.1. The van der Waals surface area contributed by atoms with E-state index in [0.717, 1.165) is 0 Å². The molecule has 1 saturated heterocycles. The number of hydrogen-bond acceptors (Lipinski definition) is 14. The summed E-state index contributed by atoms with van der Waals surface area (Å²) < 4.78 is 81.5. The van der Waals surface area contributed by atoms with Gasteiger partial charge in [0.25, 0.3) is 20.0 Å². The standard InChI is InChI=1S/C32H27ClN8O9S2/c1-18-15-19-16-20(38-51(42,43)27-9-5-22(33)29-31(27)36-49-34-29)3-6-24(19)41(18)48-21-4-8-26(46-2)23(17-21)39-52(44,45)28-10-7-25(30-32(28)37-50-35-30)40-11-13-47-14-12-40/h3-10,15-17,38-39H,11-14H2,1-2H3. The van der Waals surface area contributed by atoms with Gasteiger partial charge >= 0.3 is 0 Å². The largest absolute Gasteiger partial charge is 0.495 e. The van der Waals surface area contributed by atoms with Crippen molar-refractivity contribution in [2.45, 2.75) is 16.7 Å². The molecule has 0 saturated carbocycles. The van der Waals surface area contributed by atoms with Crippen LogP contribution in [0.15, 0.2) is 85.8 Å². The molecule has 268 valence electrons. The highest BCUT2D eigenvalue weighted by atomic mass is 35.5. The van der Waals surface area contributed by atoms with Gasteiger partial charge in [0, 0.05) is 30.2 Å². The SMILES string of the molecule is COc1ccc(On2c(C)cc3cc(NS(=O)(=O)c4ccc(Cl)c5nonc45)ccc32)cc1NS(=O)(=O)c1ccc(N2CCOCC2)c2nonc12. The fourth-order valence-electron chi connectivity index (χ4n) is 5.99. The molecule has 52 heavy (non-hydrogen) atoms. The lowest BCUT2D eigenvalue weighted by Gasteiger charge is -2.28. The molecule has 1 aliphatic heterocycles. The Balaban J connectivity index is 1.06. The zero-order valence-corrected chi connectivity index (χ0v) is 29.6. The summed E-state index contributed by atoms with van der Waals surface area (Å²) in [5.41, 5.74) is 2.87. The third-order valence-corrected chi connectivity index (χ3v) is 11.5. The molecule has 3 aromatic heterocycles. The molecular formula is C32H27ClN8O9S2. The third kappa shape index (κ3) is 5.96. The van der Waals surface area contributed by atoms with Crippen molar-refractivity contribution in [1.29, 1.82) is 0 Å². The molecule has 0 spiro atoms. The van der Waals surface area contributed by atoms with Crippen molar-refractivity contribution >= 4 is 81.7 Å². The number of aromatic nitrogens is 5. The van der Waals surface area contributed by atoms with Crippen LogP contribution in [0.4, 0.5) is 17.1 Å². The van der Waals surface area contributed by atoms with E-state index in [1.807, 2.05) is 4.90 Å². The second kappa shape index (κ2) is 12.9. The number of hydrogen-bond donors (Lipinski definition) is 2. The zero-order valence-electron chi connectivity index (χ0n) is 27.2. The molecule has 4 aromatic carbocycles. The number of nitrogens with zero attached hydrogens (tertiary/aromatic N) is 6. The fraction of sp³-hybridized carbons (Fsp3) is 0.188. The number of ether oxygens (including phenoxy) is 2. The predicted octanol–water partition coefficient (Wildman–Crippen LogP) is 4.96. The molecule has 7 aromatic rings. The lowest BCUT2D eigenvalue weighted by molar-refractivity contribution is 0.123. The van der Waals surface area contributed by atoms with Crippen LogP contribution in [0.3, 0.4) is 0 Å². The first-order valence-electron chi connectivity index (χ1n) is 15.6. The molecule has 20 heteroatoms. The van der Waals surface area contributed by atoms with Gasteiger partial charge in [-0.1, -0.05) is 11.6 Å². The molecule has 0 unspecified atom stereocenters. The molecule has 0 radical (unpaired) electrons. The second-order valence-corrected chi connectivity index (χ2v) is 15.4. The van der Waals surface area contributed by atoms with Gasteiger partial charge in [-0.25, -0.2) is 26.1 Å². The Bertz CT molecular complexity index is 2730. The van der Waals surface area contributed by atoms with Gasteiger partial charge in [-0.3, -0.25) is 9.44 Å². The maximum Gasteiger partial charge on any atom is 0.264 e. The van der Waals surface area contributed by atoms with Crippen molar-refractivity contribution in [3.8, 4) is 11.5 Å². The van der Waals surface area contributed by atoms with E-state index in [4.69, 9.17) is 35.2 Å². The molecule has 1 aliphatic rings. The highest BCUT2D eigenvalue weighted by Crippen LogP contribution is 2.36. The average molecular weight is 767 g/mol. The molecule has 8 rings (SSSR count). The molecule has 0 atom stereocenters. The summed E-state index contributed by atoms with van der Waals surface area (Å²) in [6.45, 7) is 4.09. The van der Waals surface area contributed by atoms with Gasteiger partial charge in [0.1, 0.15) is 15.5 Å². The van der Waals surface area contributed by atoms with E-state index < -0.39 is 20.0 Å². The summed E-state index contributed by atoms with van der Waals surface area (Å²) in [7, 11) is -6.93. The quantitative estimate of drug-likeness (QED) is 0.189. The van der Waals surface area contributed by atoms with Crippen LogP contribution < -0.4 is 23.9 Å². The summed E-state index contributed by atoms with van der Waals surface area (Å²) in [5.74, 6) is 0.508. The summed E-state index contributed by atoms with van der Waals surface area (Å²) in [4.78, 5) is 7.97. The maximum absolute atomic E-state index is 13.8. The monoisotopic (exact) mass is 766 g/mol. The Morgan fingerprint density at radius 1 is 0.769 bits per heavy atom. The fourth-order valence-corrected chi connectivity index (χ4v) is 8.55. The van der Waals surface area contributed by atoms with Crippen LogP contribution >= 0.6 is 11.6 Å². The van der Waals surface area contributed by atoms with Crippen LogP contribution in [0.25, 0.3) is 33.0 Å². The number of anilines is 3. The normalized spacial score (nSPS) is 13.9. The Kier molecular flexibility index (Phi) is 8.28. The number of sulfonamides is 2. The van der Waals surface area contributed by atoms with Gasteiger partial charge in [0.05, 0.1) is 47.9 Å². The average Bonchev–Trinajstić information content (AvgIpc) is 3.88. The number of morpholine rings is 1. The maximum atomic E-state index is 13.8. The van der Waals surface area contributed by atoms with E-state index in [1.54, 1.807) is 49.4 Å².